The van der Waals surface area contributed by atoms with Gasteiger partial charge in [-0.2, -0.15) is 0 Å². The first-order valence-electron chi connectivity index (χ1n) is 10.2. The highest BCUT2D eigenvalue weighted by atomic mass is 35.5. The number of nitrogens with two attached hydrogens (primary N) is 1. The normalized spacial score (nSPS) is 16.1. The first-order chi connectivity index (χ1) is 14.6. The van der Waals surface area contributed by atoms with Crippen LogP contribution in [0.15, 0.2) is 53.2 Å². The monoisotopic (exact) mass is 456 g/mol. The van der Waals surface area contributed by atoms with Gasteiger partial charge in [0.05, 0.1) is 5.52 Å². The highest BCUT2D eigenvalue weighted by Gasteiger charge is 2.21. The van der Waals surface area contributed by atoms with Gasteiger partial charge in [0.1, 0.15) is 5.82 Å². The standard InChI is InChI=1S/C22H24N6OS.ClH/c1-2-26-9-6-24-20(26)11-15-13-28(22-25-7-10-30-22)19-12-17(3-4-18(19)21(15)29)27-8-5-16(23)14-27;/h3-4,6-7,9-10,12-13,16H,2,5,8,11,14,23H2,1H3;1H. The first-order valence-corrected chi connectivity index (χ1v) is 11.1. The summed E-state index contributed by atoms with van der Waals surface area (Å²) >= 11 is 1.55. The van der Waals surface area contributed by atoms with Gasteiger partial charge in [0, 0.05) is 78.9 Å². The molecule has 0 amide bonds. The molecule has 1 fully saturated rings. The van der Waals surface area contributed by atoms with E-state index in [1.54, 1.807) is 23.7 Å². The summed E-state index contributed by atoms with van der Waals surface area (Å²) in [6.07, 6.45) is 8.92. The molecule has 1 aliphatic rings. The minimum Gasteiger partial charge on any atom is -0.370 e. The number of thiazole rings is 1. The number of rotatable bonds is 5. The van der Waals surface area contributed by atoms with E-state index in [1.165, 1.54) is 0 Å². The molecule has 0 radical (unpaired) electrons. The molecule has 0 saturated carbocycles. The zero-order chi connectivity index (χ0) is 20.7. The van der Waals surface area contributed by atoms with E-state index in [9.17, 15) is 4.79 Å². The maximum Gasteiger partial charge on any atom is 0.193 e. The molecule has 4 aromatic rings. The summed E-state index contributed by atoms with van der Waals surface area (Å²) in [4.78, 5) is 24.6. The molecular formula is C22H25ClN6OS. The number of aromatic nitrogens is 4. The van der Waals surface area contributed by atoms with Crippen molar-refractivity contribution in [1.29, 1.82) is 0 Å². The van der Waals surface area contributed by atoms with Crippen LogP contribution in [0.1, 0.15) is 24.7 Å². The minimum atomic E-state index is 0. The molecule has 2 N–H and O–H groups in total. The van der Waals surface area contributed by atoms with Crippen molar-refractivity contribution >= 4 is 40.3 Å². The van der Waals surface area contributed by atoms with Crippen molar-refractivity contribution in [3.63, 3.8) is 0 Å². The number of halogens is 1. The summed E-state index contributed by atoms with van der Waals surface area (Å²) < 4.78 is 4.10. The van der Waals surface area contributed by atoms with Crippen molar-refractivity contribution in [3.8, 4) is 5.13 Å². The van der Waals surface area contributed by atoms with Crippen molar-refractivity contribution in [3.05, 3.63) is 70.0 Å². The Hall–Kier alpha value is -2.68. The summed E-state index contributed by atoms with van der Waals surface area (Å²) in [5, 5.41) is 3.49. The molecule has 0 aliphatic carbocycles. The van der Waals surface area contributed by atoms with Crippen LogP contribution >= 0.6 is 23.7 Å². The smallest absolute Gasteiger partial charge is 0.193 e. The molecule has 1 aromatic carbocycles. The van der Waals surface area contributed by atoms with E-state index < -0.39 is 0 Å². The van der Waals surface area contributed by atoms with Crippen LogP contribution in [0.25, 0.3) is 16.0 Å². The van der Waals surface area contributed by atoms with Crippen molar-refractivity contribution < 1.29 is 0 Å². The highest BCUT2D eigenvalue weighted by molar-refractivity contribution is 7.12. The average Bonchev–Trinajstić information content (AvgIpc) is 3.51. The Balaban J connectivity index is 0.00000231. The van der Waals surface area contributed by atoms with Crippen LogP contribution < -0.4 is 16.1 Å². The second-order valence-corrected chi connectivity index (χ2v) is 8.54. The van der Waals surface area contributed by atoms with E-state index in [-0.39, 0.29) is 23.9 Å². The van der Waals surface area contributed by atoms with E-state index in [4.69, 9.17) is 5.73 Å². The molecule has 4 heterocycles. The van der Waals surface area contributed by atoms with Crippen LogP contribution in [0.5, 0.6) is 0 Å². The number of imidazole rings is 1. The zero-order valence-corrected chi connectivity index (χ0v) is 18.9. The van der Waals surface area contributed by atoms with Gasteiger partial charge >= 0.3 is 0 Å². The fourth-order valence-corrected chi connectivity index (χ4v) is 4.80. The number of hydrogen-bond donors (Lipinski definition) is 1. The Bertz CT molecular complexity index is 1250. The third-order valence-corrected chi connectivity index (χ3v) is 6.54. The lowest BCUT2D eigenvalue weighted by atomic mass is 10.1. The third kappa shape index (κ3) is 3.98. The number of pyridine rings is 1. The van der Waals surface area contributed by atoms with Gasteiger partial charge in [-0.15, -0.1) is 23.7 Å². The molecule has 3 aromatic heterocycles. The Morgan fingerprint density at radius 3 is 2.84 bits per heavy atom. The van der Waals surface area contributed by atoms with E-state index in [1.807, 2.05) is 34.5 Å². The van der Waals surface area contributed by atoms with E-state index in [0.29, 0.717) is 11.8 Å². The van der Waals surface area contributed by atoms with E-state index in [0.717, 1.165) is 53.8 Å². The Kier molecular flexibility index (Phi) is 6.13. The quantitative estimate of drug-likeness (QED) is 0.498. The predicted octanol–water partition coefficient (Wildman–Crippen LogP) is 3.21. The van der Waals surface area contributed by atoms with Crippen molar-refractivity contribution in [2.75, 3.05) is 18.0 Å². The second-order valence-electron chi connectivity index (χ2n) is 7.67. The van der Waals surface area contributed by atoms with Gasteiger partial charge in [0.2, 0.25) is 0 Å². The van der Waals surface area contributed by atoms with Gasteiger partial charge in [0.15, 0.2) is 10.6 Å². The van der Waals surface area contributed by atoms with Crippen LogP contribution in [0, 0.1) is 0 Å². The van der Waals surface area contributed by atoms with E-state index >= 15 is 0 Å². The van der Waals surface area contributed by atoms with Crippen LogP contribution in [0.3, 0.4) is 0 Å². The Morgan fingerprint density at radius 1 is 1.26 bits per heavy atom. The zero-order valence-electron chi connectivity index (χ0n) is 17.3. The lowest BCUT2D eigenvalue weighted by molar-refractivity contribution is 0.711. The molecule has 1 unspecified atom stereocenters. The van der Waals surface area contributed by atoms with Gasteiger partial charge in [0.25, 0.3) is 0 Å². The first kappa shape index (κ1) is 21.5. The highest BCUT2D eigenvalue weighted by Crippen LogP contribution is 2.27. The summed E-state index contributed by atoms with van der Waals surface area (Å²) in [6, 6.07) is 6.26. The summed E-state index contributed by atoms with van der Waals surface area (Å²) in [5.74, 6) is 0.891. The number of anilines is 1. The SMILES string of the molecule is CCn1ccnc1Cc1cn(-c2nccs2)c2cc(N3CCC(N)C3)ccc2c1=O.Cl. The van der Waals surface area contributed by atoms with Crippen LogP contribution in [-0.2, 0) is 13.0 Å². The lowest BCUT2D eigenvalue weighted by Gasteiger charge is -2.20. The number of hydrogen-bond acceptors (Lipinski definition) is 6. The Morgan fingerprint density at radius 2 is 2.13 bits per heavy atom. The van der Waals surface area contributed by atoms with Crippen LogP contribution in [0.2, 0.25) is 0 Å². The van der Waals surface area contributed by atoms with Crippen molar-refractivity contribution in [1.82, 2.24) is 19.1 Å². The summed E-state index contributed by atoms with van der Waals surface area (Å²) in [7, 11) is 0. The molecule has 31 heavy (non-hydrogen) atoms. The molecule has 9 heteroatoms. The largest absolute Gasteiger partial charge is 0.370 e. The maximum atomic E-state index is 13.4. The fourth-order valence-electron chi connectivity index (χ4n) is 4.17. The third-order valence-electron chi connectivity index (χ3n) is 5.77. The van der Waals surface area contributed by atoms with Gasteiger partial charge in [-0.25, -0.2) is 9.97 Å². The molecular weight excluding hydrogens is 432 g/mol. The number of aryl methyl sites for hydroxylation is 1. The number of nitrogens with zero attached hydrogens (tertiary/aromatic N) is 5. The van der Waals surface area contributed by atoms with Crippen molar-refractivity contribution in [2.45, 2.75) is 32.4 Å². The average molecular weight is 457 g/mol. The maximum absolute atomic E-state index is 13.4. The van der Waals surface area contributed by atoms with Gasteiger partial charge in [-0.3, -0.25) is 9.36 Å². The molecule has 1 saturated heterocycles. The second kappa shape index (κ2) is 8.82. The minimum absolute atomic E-state index is 0. The molecule has 1 atom stereocenters. The van der Waals surface area contributed by atoms with Crippen LogP contribution in [-0.4, -0.2) is 38.2 Å². The summed E-state index contributed by atoms with van der Waals surface area (Å²) in [6.45, 7) is 4.67. The topological polar surface area (TPSA) is 82.0 Å². The van der Waals surface area contributed by atoms with Crippen LogP contribution in [0.4, 0.5) is 5.69 Å². The molecule has 1 aliphatic heterocycles. The number of benzene rings is 1. The molecule has 7 nitrogen and oxygen atoms in total. The number of fused-ring (bicyclic) bond motifs is 1. The summed E-state index contributed by atoms with van der Waals surface area (Å²) in [5.41, 5.74) is 8.83. The lowest BCUT2D eigenvalue weighted by Crippen LogP contribution is -2.26. The Labute approximate surface area is 190 Å². The van der Waals surface area contributed by atoms with Gasteiger partial charge < -0.3 is 15.2 Å². The molecule has 162 valence electrons. The molecule has 5 rings (SSSR count). The molecule has 0 bridgehead atoms. The molecule has 0 spiro atoms. The predicted molar refractivity (Wildman–Crippen MR) is 128 cm³/mol. The fraction of sp³-hybridized carbons (Fsp3) is 0.318. The van der Waals surface area contributed by atoms with Gasteiger partial charge in [-0.1, -0.05) is 0 Å². The van der Waals surface area contributed by atoms with Gasteiger partial charge in [-0.05, 0) is 31.5 Å². The van der Waals surface area contributed by atoms with Crippen molar-refractivity contribution in [2.24, 2.45) is 5.73 Å². The van der Waals surface area contributed by atoms with E-state index in [2.05, 4.69) is 32.4 Å².